The summed E-state index contributed by atoms with van der Waals surface area (Å²) in [6.45, 7) is 8.16. The predicted octanol–water partition coefficient (Wildman–Crippen LogP) is 6.66. The molecule has 2 amide bonds. The summed E-state index contributed by atoms with van der Waals surface area (Å²) < 4.78 is 6.19. The first-order valence-corrected chi connectivity index (χ1v) is 17.8. The van der Waals surface area contributed by atoms with E-state index in [0.29, 0.717) is 49.7 Å². The molecule has 3 aliphatic rings. The molecule has 9 heteroatoms. The summed E-state index contributed by atoms with van der Waals surface area (Å²) in [6.07, 6.45) is 3.71. The molecule has 0 radical (unpaired) electrons. The molecule has 2 heterocycles. The molecule has 3 aromatic rings. The average Bonchev–Trinajstić information content (AvgIpc) is 3.91. The smallest absolute Gasteiger partial charge is 0.303 e. The van der Waals surface area contributed by atoms with E-state index in [-0.39, 0.29) is 42.8 Å². The minimum atomic E-state index is -0.904. The number of hydrogen-bond donors (Lipinski definition) is 2. The lowest BCUT2D eigenvalue weighted by Gasteiger charge is -2.45. The SMILES string of the molecule is Cc1cc(C)c(C)c(OCCc2ccc(C3=C(C(=O)N(Cc4ccccc4Cl)C4CC4)C4CN(C(=O)CCCC(=O)O)CC(C3)N4)cc2)c1. The lowest BCUT2D eigenvalue weighted by molar-refractivity contribution is -0.138. The Kier molecular flexibility index (Phi) is 10.8. The average molecular weight is 684 g/mol. The summed E-state index contributed by atoms with van der Waals surface area (Å²) in [5.41, 5.74) is 8.39. The van der Waals surface area contributed by atoms with Crippen LogP contribution in [0.15, 0.2) is 66.2 Å². The number of halogens is 1. The number of carbonyl (C=O) groups is 3. The van der Waals surface area contributed by atoms with Crippen molar-refractivity contribution in [3.63, 3.8) is 0 Å². The Bertz CT molecular complexity index is 1750. The molecule has 0 aromatic heterocycles. The van der Waals surface area contributed by atoms with Crippen molar-refractivity contribution in [2.45, 2.75) is 90.4 Å². The second-order valence-electron chi connectivity index (χ2n) is 13.8. The van der Waals surface area contributed by atoms with E-state index in [9.17, 15) is 14.4 Å². The Hall–Kier alpha value is -4.14. The van der Waals surface area contributed by atoms with Gasteiger partial charge in [-0.15, -0.1) is 0 Å². The summed E-state index contributed by atoms with van der Waals surface area (Å²) in [6, 6.07) is 20.2. The molecule has 49 heavy (non-hydrogen) atoms. The molecule has 3 aromatic carbocycles. The van der Waals surface area contributed by atoms with Crippen molar-refractivity contribution in [3.8, 4) is 5.75 Å². The molecule has 1 saturated carbocycles. The van der Waals surface area contributed by atoms with Crippen molar-refractivity contribution in [2.75, 3.05) is 19.7 Å². The van der Waals surface area contributed by atoms with Crippen LogP contribution in [0.1, 0.15) is 71.9 Å². The minimum Gasteiger partial charge on any atom is -0.493 e. The van der Waals surface area contributed by atoms with Crippen LogP contribution in [0.2, 0.25) is 5.02 Å². The second-order valence-corrected chi connectivity index (χ2v) is 14.2. The van der Waals surface area contributed by atoms with E-state index in [4.69, 9.17) is 21.4 Å². The summed E-state index contributed by atoms with van der Waals surface area (Å²) in [5.74, 6) is -0.0604. The van der Waals surface area contributed by atoms with E-state index in [0.717, 1.165) is 52.8 Å². The lowest BCUT2D eigenvalue weighted by Crippen LogP contribution is -2.62. The monoisotopic (exact) mass is 683 g/mol. The fraction of sp³-hybridized carbons (Fsp3) is 0.425. The van der Waals surface area contributed by atoms with Gasteiger partial charge in [0, 0.05) is 61.6 Å². The minimum absolute atomic E-state index is 0.0132. The Labute approximate surface area is 294 Å². The van der Waals surface area contributed by atoms with Crippen LogP contribution >= 0.6 is 11.6 Å². The molecule has 2 atom stereocenters. The van der Waals surface area contributed by atoms with Crippen molar-refractivity contribution >= 4 is 35.0 Å². The van der Waals surface area contributed by atoms with Crippen LogP contribution in [-0.4, -0.2) is 70.5 Å². The number of carboxylic acid groups (broad SMARTS) is 1. The molecule has 2 bridgehead atoms. The van der Waals surface area contributed by atoms with Crippen LogP contribution in [0, 0.1) is 20.8 Å². The van der Waals surface area contributed by atoms with Gasteiger partial charge in [-0.25, -0.2) is 0 Å². The van der Waals surface area contributed by atoms with Gasteiger partial charge in [-0.1, -0.05) is 60.1 Å². The lowest BCUT2D eigenvalue weighted by atomic mass is 9.82. The molecule has 1 aliphatic carbocycles. The van der Waals surface area contributed by atoms with Crippen molar-refractivity contribution in [2.24, 2.45) is 0 Å². The Morgan fingerprint density at radius 2 is 1.76 bits per heavy atom. The molecule has 2 unspecified atom stereocenters. The molecule has 258 valence electrons. The van der Waals surface area contributed by atoms with E-state index >= 15 is 0 Å². The number of nitrogens with zero attached hydrogens (tertiary/aromatic N) is 2. The number of benzene rings is 3. The Morgan fingerprint density at radius 3 is 2.47 bits per heavy atom. The number of ether oxygens (including phenoxy) is 1. The van der Waals surface area contributed by atoms with E-state index in [1.54, 1.807) is 0 Å². The van der Waals surface area contributed by atoms with E-state index < -0.39 is 5.97 Å². The topological polar surface area (TPSA) is 99.2 Å². The molecule has 8 nitrogen and oxygen atoms in total. The number of carboxylic acids is 1. The highest BCUT2D eigenvalue weighted by Crippen LogP contribution is 2.38. The zero-order chi connectivity index (χ0) is 34.7. The van der Waals surface area contributed by atoms with Crippen LogP contribution < -0.4 is 10.1 Å². The van der Waals surface area contributed by atoms with Gasteiger partial charge < -0.3 is 25.0 Å². The molecule has 2 aliphatic heterocycles. The third-order valence-electron chi connectivity index (χ3n) is 10.0. The van der Waals surface area contributed by atoms with E-state index in [1.807, 2.05) is 34.1 Å². The Balaban J connectivity index is 1.25. The molecule has 1 saturated heterocycles. The normalized spacial score (nSPS) is 18.7. The van der Waals surface area contributed by atoms with E-state index in [2.05, 4.69) is 62.5 Å². The highest BCUT2D eigenvalue weighted by molar-refractivity contribution is 6.31. The van der Waals surface area contributed by atoms with Crippen molar-refractivity contribution in [1.29, 1.82) is 0 Å². The third kappa shape index (κ3) is 8.36. The number of aryl methyl sites for hydroxylation is 2. The first kappa shape index (κ1) is 34.7. The zero-order valence-corrected chi connectivity index (χ0v) is 29.4. The second kappa shape index (κ2) is 15.2. The maximum absolute atomic E-state index is 14.7. The van der Waals surface area contributed by atoms with Crippen molar-refractivity contribution in [1.82, 2.24) is 15.1 Å². The number of amides is 2. The summed E-state index contributed by atoms with van der Waals surface area (Å²) >= 11 is 6.56. The van der Waals surface area contributed by atoms with Crippen molar-refractivity contribution in [3.05, 3.63) is 105 Å². The summed E-state index contributed by atoms with van der Waals surface area (Å²) in [5, 5.41) is 13.4. The van der Waals surface area contributed by atoms with Crippen LogP contribution in [-0.2, 0) is 27.3 Å². The highest BCUT2D eigenvalue weighted by atomic mass is 35.5. The quantitative estimate of drug-likeness (QED) is 0.209. The fourth-order valence-electron chi connectivity index (χ4n) is 7.14. The van der Waals surface area contributed by atoms with E-state index in [1.165, 1.54) is 11.1 Å². The van der Waals surface area contributed by atoms with Gasteiger partial charge in [0.25, 0.3) is 5.91 Å². The number of fused-ring (bicyclic) bond motifs is 2. The van der Waals surface area contributed by atoms with Crippen molar-refractivity contribution < 1.29 is 24.2 Å². The maximum atomic E-state index is 14.7. The number of aliphatic carboxylic acids is 1. The molecule has 6 rings (SSSR count). The van der Waals surface area contributed by atoms with Crippen LogP contribution in [0.5, 0.6) is 5.75 Å². The molecule has 2 fully saturated rings. The fourth-order valence-corrected chi connectivity index (χ4v) is 7.34. The van der Waals surface area contributed by atoms with Crippen LogP contribution in [0.4, 0.5) is 0 Å². The third-order valence-corrected chi connectivity index (χ3v) is 10.4. The number of hydrogen-bond acceptors (Lipinski definition) is 5. The van der Waals surface area contributed by atoms with Crippen LogP contribution in [0.3, 0.4) is 0 Å². The molecule has 2 N–H and O–H groups in total. The van der Waals surface area contributed by atoms with Gasteiger partial charge in [-0.3, -0.25) is 14.4 Å². The standard InChI is InChI=1S/C40H46ClN3O5/c1-25-19-26(2)27(3)36(20-25)49-18-17-28-11-13-29(14-12-28)33-21-31-23-43(37(45)9-6-10-38(46)47)24-35(42-31)39(33)40(48)44(32-15-16-32)22-30-7-4-5-8-34(30)41/h4-5,7-8,11-14,19-20,31-32,35,42H,6,9-10,15-18,21-24H2,1-3H3,(H,46,47). The predicted molar refractivity (Wildman–Crippen MR) is 192 cm³/mol. The number of rotatable bonds is 13. The number of carbonyl (C=O) groups excluding carboxylic acids is 2. The zero-order valence-electron chi connectivity index (χ0n) is 28.6. The van der Waals surface area contributed by atoms with Gasteiger partial charge in [0.15, 0.2) is 0 Å². The summed E-state index contributed by atoms with van der Waals surface area (Å²) in [7, 11) is 0. The van der Waals surface area contributed by atoms with Gasteiger partial charge in [0.2, 0.25) is 5.91 Å². The number of piperazine rings is 1. The Morgan fingerprint density at radius 1 is 1.00 bits per heavy atom. The molecular formula is C40H46ClN3O5. The summed E-state index contributed by atoms with van der Waals surface area (Å²) in [4.78, 5) is 42.8. The number of nitrogens with one attached hydrogen (secondary N) is 1. The maximum Gasteiger partial charge on any atom is 0.303 e. The first-order valence-electron chi connectivity index (χ1n) is 17.4. The first-order chi connectivity index (χ1) is 23.6. The van der Waals surface area contributed by atoms with Gasteiger partial charge in [0.05, 0.1) is 12.6 Å². The van der Waals surface area contributed by atoms with Gasteiger partial charge in [-0.2, -0.15) is 0 Å². The van der Waals surface area contributed by atoms with Gasteiger partial charge in [-0.05, 0) is 97.5 Å². The molecular weight excluding hydrogens is 638 g/mol. The van der Waals surface area contributed by atoms with Crippen LogP contribution in [0.25, 0.3) is 5.57 Å². The highest BCUT2D eigenvalue weighted by Gasteiger charge is 2.43. The van der Waals surface area contributed by atoms with Gasteiger partial charge in [0.1, 0.15) is 5.75 Å². The molecule has 0 spiro atoms. The van der Waals surface area contributed by atoms with Gasteiger partial charge >= 0.3 is 5.97 Å². The largest absolute Gasteiger partial charge is 0.493 e.